The van der Waals surface area contributed by atoms with Crippen molar-refractivity contribution < 1.29 is 9.59 Å². The molecule has 3 fully saturated rings. The number of aromatic nitrogens is 1. The van der Waals surface area contributed by atoms with Crippen molar-refractivity contribution in [3.8, 4) is 0 Å². The number of imide groups is 1. The Morgan fingerprint density at radius 3 is 2.32 bits per heavy atom. The lowest BCUT2D eigenvalue weighted by atomic mass is 9.63. The number of carbonyl (C=O) groups is 2. The molecular weight excluding hydrogens is 446 g/mol. The van der Waals surface area contributed by atoms with E-state index in [9.17, 15) is 9.59 Å². The number of fused-ring (bicyclic) bond motifs is 1. The first-order chi connectivity index (χ1) is 16.5. The van der Waals surface area contributed by atoms with Gasteiger partial charge in [-0.3, -0.25) is 9.59 Å². The smallest absolute Gasteiger partial charge is 0.254 e. The van der Waals surface area contributed by atoms with Gasteiger partial charge < -0.3 is 4.57 Å². The first kappa shape index (κ1) is 20.2. The predicted molar refractivity (Wildman–Crippen MR) is 131 cm³/mol. The Morgan fingerprint density at radius 1 is 0.971 bits per heavy atom. The number of amides is 2. The van der Waals surface area contributed by atoms with Crippen LogP contribution < -0.4 is 0 Å². The van der Waals surface area contributed by atoms with Gasteiger partial charge >= 0.3 is 0 Å². The number of hydrazone groups is 1. The average molecular weight is 470 g/mol. The molecule has 2 saturated carbocycles. The number of halogens is 1. The first-order valence-electron chi connectivity index (χ1n) is 12.0. The van der Waals surface area contributed by atoms with Crippen LogP contribution in [0.4, 0.5) is 0 Å². The Kier molecular flexibility index (Phi) is 4.26. The van der Waals surface area contributed by atoms with E-state index in [2.05, 4.69) is 34.0 Å². The van der Waals surface area contributed by atoms with Crippen molar-refractivity contribution in [2.75, 3.05) is 0 Å². The number of nitrogens with zero attached hydrogens (tertiary/aromatic N) is 3. The maximum absolute atomic E-state index is 13.3. The van der Waals surface area contributed by atoms with Crippen molar-refractivity contribution in [3.63, 3.8) is 0 Å². The van der Waals surface area contributed by atoms with Gasteiger partial charge in [0, 0.05) is 33.7 Å². The molecule has 1 aliphatic heterocycles. The molecule has 3 aromatic rings. The largest absolute Gasteiger partial charge is 0.340 e. The number of hydrogen-bond donors (Lipinski definition) is 0. The average Bonchev–Trinajstić information content (AvgIpc) is 3.59. The third-order valence-electron chi connectivity index (χ3n) is 8.51. The summed E-state index contributed by atoms with van der Waals surface area (Å²) >= 11 is 6.44. The molecule has 5 nitrogen and oxygen atoms in total. The predicted octanol–water partition coefficient (Wildman–Crippen LogP) is 5.04. The van der Waals surface area contributed by atoms with Gasteiger partial charge in [-0.25, -0.2) is 0 Å². The number of allylic oxidation sites excluding steroid dienone is 2. The quantitative estimate of drug-likeness (QED) is 0.305. The van der Waals surface area contributed by atoms with E-state index in [-0.39, 0.29) is 35.5 Å². The van der Waals surface area contributed by atoms with Crippen LogP contribution in [-0.2, 0) is 16.1 Å². The van der Waals surface area contributed by atoms with Crippen molar-refractivity contribution in [3.05, 3.63) is 82.5 Å². The molecule has 4 aliphatic carbocycles. The van der Waals surface area contributed by atoms with Gasteiger partial charge in [0.1, 0.15) is 0 Å². The highest BCUT2D eigenvalue weighted by Crippen LogP contribution is 2.65. The van der Waals surface area contributed by atoms with Crippen LogP contribution in [0.2, 0.25) is 5.02 Å². The summed E-state index contributed by atoms with van der Waals surface area (Å²) in [7, 11) is 0. The molecule has 1 aromatic heterocycles. The molecule has 0 N–H and O–H groups in total. The summed E-state index contributed by atoms with van der Waals surface area (Å²) in [6.45, 7) is 2.67. The number of benzene rings is 2. The second-order valence-electron chi connectivity index (χ2n) is 10.1. The van der Waals surface area contributed by atoms with E-state index in [1.165, 1.54) is 0 Å². The minimum atomic E-state index is -0.230. The summed E-state index contributed by atoms with van der Waals surface area (Å²) in [5.41, 5.74) is 4.04. The molecule has 8 rings (SSSR count). The summed E-state index contributed by atoms with van der Waals surface area (Å²) in [4.78, 5) is 26.6. The van der Waals surface area contributed by atoms with Crippen LogP contribution in [0.25, 0.3) is 10.9 Å². The van der Waals surface area contributed by atoms with Gasteiger partial charge in [-0.2, -0.15) is 10.1 Å². The van der Waals surface area contributed by atoms with E-state index in [1.54, 1.807) is 6.21 Å². The first-order valence-corrected chi connectivity index (χ1v) is 12.3. The normalized spacial score (nSPS) is 31.1. The summed E-state index contributed by atoms with van der Waals surface area (Å²) in [5.74, 6) is 0.856. The lowest BCUT2D eigenvalue weighted by Gasteiger charge is -2.37. The molecule has 6 heteroatoms. The van der Waals surface area contributed by atoms with Crippen molar-refractivity contribution >= 4 is 40.5 Å². The van der Waals surface area contributed by atoms with E-state index in [0.29, 0.717) is 18.4 Å². The Hall–Kier alpha value is -3.18. The van der Waals surface area contributed by atoms with Crippen molar-refractivity contribution in [1.82, 2.24) is 9.58 Å². The van der Waals surface area contributed by atoms with Crippen LogP contribution in [0.1, 0.15) is 23.2 Å². The Labute approximate surface area is 202 Å². The molecule has 2 aromatic carbocycles. The minimum Gasteiger partial charge on any atom is -0.340 e. The summed E-state index contributed by atoms with van der Waals surface area (Å²) in [5, 5.41) is 7.43. The van der Waals surface area contributed by atoms with Gasteiger partial charge in [0.25, 0.3) is 11.8 Å². The summed E-state index contributed by atoms with van der Waals surface area (Å²) in [6, 6.07) is 16.0. The second kappa shape index (κ2) is 7.16. The van der Waals surface area contributed by atoms with E-state index in [4.69, 9.17) is 11.6 Å². The highest BCUT2D eigenvalue weighted by Gasteiger charge is 2.67. The number of hydrogen-bond acceptors (Lipinski definition) is 3. The zero-order chi connectivity index (χ0) is 23.1. The summed E-state index contributed by atoms with van der Waals surface area (Å²) in [6.07, 6.45) is 7.23. The molecule has 170 valence electrons. The van der Waals surface area contributed by atoms with Crippen LogP contribution in [-0.4, -0.2) is 27.6 Å². The minimum absolute atomic E-state index is 0.131. The molecule has 0 radical (unpaired) electrons. The molecule has 2 amide bonds. The van der Waals surface area contributed by atoms with Gasteiger partial charge in [0.15, 0.2) is 0 Å². The SMILES string of the molecule is Cc1c(/C=N\N2C(=O)[C@@H]3[C@H]4C=C[C@@H]([C@@H]5C[C@H]45)[C@H]3C2=O)c2ccccc2n1Cc1ccccc1Cl. The highest BCUT2D eigenvalue weighted by molar-refractivity contribution is 6.31. The maximum Gasteiger partial charge on any atom is 0.254 e. The van der Waals surface area contributed by atoms with Crippen molar-refractivity contribution in [2.24, 2.45) is 40.6 Å². The molecule has 2 bridgehead atoms. The molecule has 0 spiro atoms. The molecular formula is C28H24ClN3O2. The Bertz CT molecular complexity index is 1400. The van der Waals surface area contributed by atoms with Gasteiger partial charge in [0.2, 0.25) is 0 Å². The molecule has 2 heterocycles. The molecule has 34 heavy (non-hydrogen) atoms. The van der Waals surface area contributed by atoms with Gasteiger partial charge in [-0.1, -0.05) is 60.2 Å². The fraction of sp³-hybridized carbons (Fsp3) is 0.321. The monoisotopic (exact) mass is 469 g/mol. The molecule has 6 atom stereocenters. The maximum atomic E-state index is 13.3. The lowest BCUT2D eigenvalue weighted by molar-refractivity contribution is -0.140. The third-order valence-corrected chi connectivity index (χ3v) is 8.88. The number of rotatable bonds is 4. The molecule has 0 unspecified atom stereocenters. The molecule has 5 aliphatic rings. The van der Waals surface area contributed by atoms with E-state index in [0.717, 1.165) is 44.2 Å². The van der Waals surface area contributed by atoms with Crippen molar-refractivity contribution in [2.45, 2.75) is 19.9 Å². The van der Waals surface area contributed by atoms with E-state index in [1.807, 2.05) is 43.3 Å². The van der Waals surface area contributed by atoms with E-state index >= 15 is 0 Å². The van der Waals surface area contributed by atoms with Gasteiger partial charge in [-0.15, -0.1) is 0 Å². The zero-order valence-corrected chi connectivity index (χ0v) is 19.5. The summed E-state index contributed by atoms with van der Waals surface area (Å²) < 4.78 is 2.21. The van der Waals surface area contributed by atoms with Crippen LogP contribution >= 0.6 is 11.6 Å². The Balaban J connectivity index is 1.25. The number of para-hydroxylation sites is 1. The van der Waals surface area contributed by atoms with Crippen LogP contribution in [0.5, 0.6) is 0 Å². The number of carbonyl (C=O) groups excluding carboxylic acids is 2. The van der Waals surface area contributed by atoms with Crippen molar-refractivity contribution in [1.29, 1.82) is 0 Å². The van der Waals surface area contributed by atoms with Crippen LogP contribution in [0.3, 0.4) is 0 Å². The lowest BCUT2D eigenvalue weighted by Crippen LogP contribution is -2.40. The Morgan fingerprint density at radius 2 is 1.62 bits per heavy atom. The van der Waals surface area contributed by atoms with Gasteiger partial charge in [-0.05, 0) is 54.7 Å². The third kappa shape index (κ3) is 2.70. The van der Waals surface area contributed by atoms with Gasteiger partial charge in [0.05, 0.1) is 18.1 Å². The zero-order valence-electron chi connectivity index (χ0n) is 18.8. The highest BCUT2D eigenvalue weighted by atomic mass is 35.5. The second-order valence-corrected chi connectivity index (χ2v) is 10.5. The molecule has 1 saturated heterocycles. The van der Waals surface area contributed by atoms with Crippen LogP contribution in [0, 0.1) is 42.4 Å². The fourth-order valence-corrected chi connectivity index (χ4v) is 6.99. The fourth-order valence-electron chi connectivity index (χ4n) is 6.79. The topological polar surface area (TPSA) is 54.7 Å². The standard InChI is InChI=1S/C28H24ClN3O2/c1-15-22(17-7-3-5-9-24(17)31(15)14-16-6-2-4-8-23(16)29)13-30-32-27(33)25-18-10-11-19(21-12-20(18)21)26(25)28(32)34/h2-11,13,18-21,25-26H,12,14H2,1H3/b30-13-/t18-,19-,20-,21+,25+,26+/m0/s1. The van der Waals surface area contributed by atoms with Crippen LogP contribution in [0.15, 0.2) is 65.8 Å². The van der Waals surface area contributed by atoms with E-state index < -0.39 is 0 Å².